The number of hydrogen-bond donors (Lipinski definition) is 1. The first kappa shape index (κ1) is 7.59. The number of amides is 1. The Morgan fingerprint density at radius 1 is 1.44 bits per heavy atom. The fraction of sp³-hybridized carbons (Fsp3) is 0.286. The summed E-state index contributed by atoms with van der Waals surface area (Å²) in [6.45, 7) is 0.251. The van der Waals surface area contributed by atoms with Crippen LogP contribution in [0.5, 0.6) is 0 Å². The maximum atomic E-state index is 10.5. The minimum atomic E-state index is -0.199. The zero-order chi connectivity index (χ0) is 7.11. The van der Waals surface area contributed by atoms with Crippen LogP contribution in [0.3, 0.4) is 0 Å². The quantitative estimate of drug-likeness (QED) is 0.502. The van der Waals surface area contributed by atoms with E-state index in [9.17, 15) is 4.79 Å². The van der Waals surface area contributed by atoms with E-state index in [1.54, 1.807) is 0 Å². The average molecular weight is 121 g/mol. The van der Waals surface area contributed by atoms with Crippen LogP contribution >= 0.6 is 0 Å². The third kappa shape index (κ3) is 4.44. The minimum absolute atomic E-state index is 0.0989. The molecule has 0 aromatic rings. The highest BCUT2D eigenvalue weighted by Gasteiger charge is 1.92. The van der Waals surface area contributed by atoms with Gasteiger partial charge in [-0.3, -0.25) is 4.79 Å². The molecule has 0 rings (SSSR count). The first-order valence-corrected chi connectivity index (χ1v) is 2.45. The van der Waals surface area contributed by atoms with Gasteiger partial charge in [-0.1, -0.05) is 11.8 Å². The Hall–Kier alpha value is -1.41. The number of nitrogens with one attached hydrogen (secondary N) is 1. The third-order valence-corrected chi connectivity index (χ3v) is 0.650. The summed E-state index contributed by atoms with van der Waals surface area (Å²) in [7, 11) is 0. The molecule has 0 saturated carbocycles. The average Bonchev–Trinajstić information content (AvgIpc) is 1.85. The first-order valence-electron chi connectivity index (χ1n) is 2.45. The van der Waals surface area contributed by atoms with Crippen molar-refractivity contribution in [2.45, 2.75) is 6.42 Å². The molecular weight excluding hydrogens is 114 g/mol. The van der Waals surface area contributed by atoms with Crippen molar-refractivity contribution in [2.24, 2.45) is 0 Å². The molecule has 2 nitrogen and oxygen atoms in total. The zero-order valence-corrected chi connectivity index (χ0v) is 4.98. The summed E-state index contributed by atoms with van der Waals surface area (Å²) in [6.07, 6.45) is 9.79. The normalized spacial score (nSPS) is 6.89. The Bertz CT molecular complexity index is 170. The van der Waals surface area contributed by atoms with E-state index in [0.29, 0.717) is 0 Å². The van der Waals surface area contributed by atoms with E-state index in [4.69, 9.17) is 12.8 Å². The highest BCUT2D eigenvalue weighted by Crippen LogP contribution is 1.71. The van der Waals surface area contributed by atoms with Crippen molar-refractivity contribution in [1.29, 1.82) is 0 Å². The molecule has 9 heavy (non-hydrogen) atoms. The maximum Gasteiger partial charge on any atom is 0.232 e. The predicted molar refractivity (Wildman–Crippen MR) is 35.3 cm³/mol. The van der Waals surface area contributed by atoms with Crippen LogP contribution in [-0.2, 0) is 4.79 Å². The molecule has 0 spiro atoms. The van der Waals surface area contributed by atoms with E-state index in [2.05, 4.69) is 17.2 Å². The Kier molecular flexibility index (Phi) is 4.00. The molecule has 0 aromatic heterocycles. The summed E-state index contributed by atoms with van der Waals surface area (Å²) >= 11 is 0. The third-order valence-electron chi connectivity index (χ3n) is 0.650. The van der Waals surface area contributed by atoms with E-state index >= 15 is 0 Å². The molecule has 0 atom stereocenters. The van der Waals surface area contributed by atoms with Gasteiger partial charge in [0.05, 0.1) is 13.0 Å². The van der Waals surface area contributed by atoms with Gasteiger partial charge >= 0.3 is 0 Å². The van der Waals surface area contributed by atoms with E-state index in [1.807, 2.05) is 0 Å². The van der Waals surface area contributed by atoms with Gasteiger partial charge in [-0.05, 0) is 0 Å². The second-order valence-electron chi connectivity index (χ2n) is 1.36. The zero-order valence-electron chi connectivity index (χ0n) is 4.98. The van der Waals surface area contributed by atoms with Crippen molar-refractivity contribution in [3.63, 3.8) is 0 Å². The molecule has 0 saturated heterocycles. The summed E-state index contributed by atoms with van der Waals surface area (Å²) in [5.41, 5.74) is 0. The van der Waals surface area contributed by atoms with Crippen molar-refractivity contribution in [1.82, 2.24) is 5.32 Å². The number of rotatable bonds is 2. The summed E-state index contributed by atoms with van der Waals surface area (Å²) in [4.78, 5) is 10.5. The SMILES string of the molecule is C#CCNC(=O)CC#C. The fourth-order valence-electron chi connectivity index (χ4n) is 0.305. The van der Waals surface area contributed by atoms with Crippen LogP contribution in [0.1, 0.15) is 6.42 Å². The van der Waals surface area contributed by atoms with Gasteiger partial charge in [0.1, 0.15) is 0 Å². The van der Waals surface area contributed by atoms with Crippen molar-refractivity contribution in [3.8, 4) is 24.7 Å². The molecule has 0 aliphatic carbocycles. The van der Waals surface area contributed by atoms with Gasteiger partial charge in [0.25, 0.3) is 0 Å². The van der Waals surface area contributed by atoms with Crippen LogP contribution in [-0.4, -0.2) is 12.5 Å². The molecule has 1 amide bonds. The lowest BCUT2D eigenvalue weighted by Gasteiger charge is -1.93. The molecule has 0 aliphatic rings. The smallest absolute Gasteiger partial charge is 0.232 e. The molecular formula is C7H7NO. The summed E-state index contributed by atoms with van der Waals surface area (Å²) in [6, 6.07) is 0. The second-order valence-corrected chi connectivity index (χ2v) is 1.36. The van der Waals surface area contributed by atoms with Gasteiger partial charge < -0.3 is 5.32 Å². The lowest BCUT2D eigenvalue weighted by atomic mass is 10.4. The molecule has 2 heteroatoms. The van der Waals surface area contributed by atoms with Crippen molar-refractivity contribution < 1.29 is 4.79 Å². The van der Waals surface area contributed by atoms with Gasteiger partial charge in [-0.2, -0.15) is 0 Å². The second kappa shape index (κ2) is 4.74. The van der Waals surface area contributed by atoms with Crippen LogP contribution in [0.25, 0.3) is 0 Å². The van der Waals surface area contributed by atoms with Crippen molar-refractivity contribution >= 4 is 5.91 Å². The van der Waals surface area contributed by atoms with Crippen LogP contribution < -0.4 is 5.32 Å². The van der Waals surface area contributed by atoms with Gasteiger partial charge in [-0.25, -0.2) is 0 Å². The predicted octanol–water partition coefficient (Wildman–Crippen LogP) is -0.241. The van der Waals surface area contributed by atoms with Crippen LogP contribution in [0.15, 0.2) is 0 Å². The number of terminal acetylenes is 2. The summed E-state index contributed by atoms with van der Waals surface area (Å²) in [5, 5.41) is 2.42. The summed E-state index contributed by atoms with van der Waals surface area (Å²) < 4.78 is 0. The largest absolute Gasteiger partial charge is 0.344 e. The van der Waals surface area contributed by atoms with Crippen molar-refractivity contribution in [2.75, 3.05) is 6.54 Å². The molecule has 0 aromatic carbocycles. The Balaban J connectivity index is 3.33. The highest BCUT2D eigenvalue weighted by molar-refractivity contribution is 5.78. The van der Waals surface area contributed by atoms with Gasteiger partial charge in [0.2, 0.25) is 5.91 Å². The topological polar surface area (TPSA) is 29.1 Å². The molecule has 0 fully saturated rings. The molecule has 1 N–H and O–H groups in total. The standard InChI is InChI=1S/C7H7NO/c1-3-5-7(9)8-6-4-2/h1-2H,5-6H2,(H,8,9). The van der Waals surface area contributed by atoms with Gasteiger partial charge in [0.15, 0.2) is 0 Å². The Labute approximate surface area is 54.6 Å². The summed E-state index contributed by atoms with van der Waals surface area (Å²) in [5.74, 6) is 4.25. The molecule has 46 valence electrons. The molecule has 0 heterocycles. The van der Waals surface area contributed by atoms with E-state index in [-0.39, 0.29) is 18.9 Å². The molecule has 0 unspecified atom stereocenters. The molecule has 0 aliphatic heterocycles. The van der Waals surface area contributed by atoms with Crippen LogP contribution in [0.4, 0.5) is 0 Å². The van der Waals surface area contributed by atoms with E-state index in [0.717, 1.165) is 0 Å². The minimum Gasteiger partial charge on any atom is -0.344 e. The lowest BCUT2D eigenvalue weighted by molar-refractivity contribution is -0.119. The monoisotopic (exact) mass is 121 g/mol. The van der Waals surface area contributed by atoms with Gasteiger partial charge in [0, 0.05) is 0 Å². The lowest BCUT2D eigenvalue weighted by Crippen LogP contribution is -2.22. The Morgan fingerprint density at radius 3 is 2.56 bits per heavy atom. The van der Waals surface area contributed by atoms with Gasteiger partial charge in [-0.15, -0.1) is 12.8 Å². The van der Waals surface area contributed by atoms with E-state index < -0.39 is 0 Å². The highest BCUT2D eigenvalue weighted by atomic mass is 16.1. The molecule has 0 radical (unpaired) electrons. The molecule has 0 bridgehead atoms. The number of hydrogen-bond acceptors (Lipinski definition) is 1. The number of carbonyl (C=O) groups excluding carboxylic acids is 1. The number of carbonyl (C=O) groups is 1. The fourth-order valence-corrected chi connectivity index (χ4v) is 0.305. The van der Waals surface area contributed by atoms with Crippen LogP contribution in [0, 0.1) is 24.7 Å². The van der Waals surface area contributed by atoms with Crippen LogP contribution in [0.2, 0.25) is 0 Å². The van der Waals surface area contributed by atoms with Crippen molar-refractivity contribution in [3.05, 3.63) is 0 Å². The maximum absolute atomic E-state index is 10.5. The Morgan fingerprint density at radius 2 is 2.11 bits per heavy atom. The first-order chi connectivity index (χ1) is 4.31. The van der Waals surface area contributed by atoms with E-state index in [1.165, 1.54) is 0 Å².